The fourth-order valence-electron chi connectivity index (χ4n) is 3.88. The summed E-state index contributed by atoms with van der Waals surface area (Å²) in [6.07, 6.45) is -0.753. The van der Waals surface area contributed by atoms with Crippen LogP contribution in [0.2, 0.25) is 0 Å². The summed E-state index contributed by atoms with van der Waals surface area (Å²) in [5.74, 6) is -0.335. The molecule has 2 aliphatic rings. The van der Waals surface area contributed by atoms with Gasteiger partial charge in [0.25, 0.3) is 0 Å². The van der Waals surface area contributed by atoms with E-state index in [4.69, 9.17) is 23.3 Å². The van der Waals surface area contributed by atoms with Crippen LogP contribution in [0.15, 0.2) is 0 Å². The van der Waals surface area contributed by atoms with Crippen molar-refractivity contribution in [2.45, 2.75) is 97.1 Å². The van der Waals surface area contributed by atoms with Gasteiger partial charge in [0.1, 0.15) is 12.2 Å². The van der Waals surface area contributed by atoms with Crippen LogP contribution in [0.3, 0.4) is 0 Å². The van der Waals surface area contributed by atoms with Crippen molar-refractivity contribution in [3.05, 3.63) is 0 Å². The van der Waals surface area contributed by atoms with Crippen LogP contribution in [0.25, 0.3) is 0 Å². The zero-order valence-corrected chi connectivity index (χ0v) is 18.7. The highest BCUT2D eigenvalue weighted by molar-refractivity contribution is 7.47. The number of hydrogen-bond donors (Lipinski definition) is 2. The fourth-order valence-corrected chi connectivity index (χ4v) is 4.87. The van der Waals surface area contributed by atoms with Crippen LogP contribution in [-0.2, 0) is 27.8 Å². The van der Waals surface area contributed by atoms with Crippen molar-refractivity contribution in [3.8, 4) is 0 Å². The van der Waals surface area contributed by atoms with Gasteiger partial charge in [-0.05, 0) is 47.0 Å². The number of aliphatic hydroxyl groups excluding tert-OH is 1. The van der Waals surface area contributed by atoms with Crippen molar-refractivity contribution in [1.29, 1.82) is 0 Å². The smallest absolute Gasteiger partial charge is 0.392 e. The predicted molar refractivity (Wildman–Crippen MR) is 104 cm³/mol. The Morgan fingerprint density at radius 3 is 2.36 bits per heavy atom. The molecule has 1 saturated heterocycles. The van der Waals surface area contributed by atoms with Crippen molar-refractivity contribution >= 4 is 7.82 Å². The lowest BCUT2D eigenvalue weighted by Crippen LogP contribution is -2.33. The molecule has 2 N–H and O–H groups in total. The first-order valence-corrected chi connectivity index (χ1v) is 11.7. The van der Waals surface area contributed by atoms with Crippen molar-refractivity contribution in [3.63, 3.8) is 0 Å². The summed E-state index contributed by atoms with van der Waals surface area (Å²) in [4.78, 5) is 10.2. The molecule has 0 aromatic heterocycles. The lowest BCUT2D eigenvalue weighted by Gasteiger charge is -2.26. The summed E-state index contributed by atoms with van der Waals surface area (Å²) in [5.41, 5.74) is 0. The highest BCUT2D eigenvalue weighted by atomic mass is 31.2. The molecule has 0 aromatic rings. The largest absolute Gasteiger partial charge is 0.472 e. The maximum Gasteiger partial charge on any atom is 0.472 e. The van der Waals surface area contributed by atoms with E-state index in [1.807, 2.05) is 41.5 Å². The minimum Gasteiger partial charge on any atom is -0.392 e. The Morgan fingerprint density at radius 1 is 1.07 bits per heavy atom. The van der Waals surface area contributed by atoms with Gasteiger partial charge in [-0.1, -0.05) is 6.92 Å². The quantitative estimate of drug-likeness (QED) is 0.516. The molecule has 8 atom stereocenters. The summed E-state index contributed by atoms with van der Waals surface area (Å²) in [6.45, 7) is 11.7. The molecule has 1 aliphatic carbocycles. The summed E-state index contributed by atoms with van der Waals surface area (Å²) in [7, 11) is -4.31. The van der Waals surface area contributed by atoms with E-state index in [-0.39, 0.29) is 49.5 Å². The minimum atomic E-state index is -4.31. The highest BCUT2D eigenvalue weighted by Gasteiger charge is 2.44. The summed E-state index contributed by atoms with van der Waals surface area (Å²) >= 11 is 0. The first kappa shape index (κ1) is 24.2. The molecule has 0 spiro atoms. The molecular formula is C19H37O8P. The predicted octanol–water partition coefficient (Wildman–Crippen LogP) is 2.90. The van der Waals surface area contributed by atoms with Crippen molar-refractivity contribution in [2.75, 3.05) is 13.2 Å². The second-order valence-corrected chi connectivity index (χ2v) is 10.0. The van der Waals surface area contributed by atoms with Crippen LogP contribution in [0.1, 0.15) is 54.4 Å². The molecule has 0 amide bonds. The van der Waals surface area contributed by atoms with Gasteiger partial charge in [-0.2, -0.15) is 0 Å². The first-order valence-electron chi connectivity index (χ1n) is 10.2. The Balaban J connectivity index is 1.92. The molecule has 1 saturated carbocycles. The zero-order chi connectivity index (χ0) is 21.1. The Morgan fingerprint density at radius 2 is 1.75 bits per heavy atom. The third kappa shape index (κ3) is 7.03. The topological polar surface area (TPSA) is 104 Å². The SMILES string of the molecule is CC(C)OC[C@H]1O[C@@H](C)C[C@H]1OP(=O)(O)OC[C@H]1C(O)[C@@H](C)C[C@H]1OC(C)C. The molecule has 0 aromatic carbocycles. The average Bonchev–Trinajstić information content (AvgIpc) is 3.02. The van der Waals surface area contributed by atoms with Gasteiger partial charge in [-0.15, -0.1) is 0 Å². The van der Waals surface area contributed by atoms with E-state index >= 15 is 0 Å². The van der Waals surface area contributed by atoms with Gasteiger partial charge in [0.15, 0.2) is 0 Å². The molecule has 2 fully saturated rings. The number of hydrogen-bond acceptors (Lipinski definition) is 7. The number of phosphoric acid groups is 1. The molecule has 0 radical (unpaired) electrons. The Kier molecular flexibility index (Phi) is 8.92. The van der Waals surface area contributed by atoms with Crippen LogP contribution in [0.4, 0.5) is 0 Å². The molecule has 2 rings (SSSR count). The Bertz CT molecular complexity index is 526. The van der Waals surface area contributed by atoms with Crippen molar-refractivity contribution in [2.24, 2.45) is 11.8 Å². The number of ether oxygens (including phenoxy) is 3. The molecule has 28 heavy (non-hydrogen) atoms. The van der Waals surface area contributed by atoms with Gasteiger partial charge >= 0.3 is 7.82 Å². The van der Waals surface area contributed by atoms with E-state index < -0.39 is 26.1 Å². The van der Waals surface area contributed by atoms with E-state index in [0.717, 1.165) is 0 Å². The maximum atomic E-state index is 12.5. The first-order chi connectivity index (χ1) is 13.0. The molecule has 9 heteroatoms. The van der Waals surface area contributed by atoms with Gasteiger partial charge < -0.3 is 24.2 Å². The molecule has 0 bridgehead atoms. The van der Waals surface area contributed by atoms with Crippen molar-refractivity contribution in [1.82, 2.24) is 0 Å². The molecule has 1 aliphatic heterocycles. The van der Waals surface area contributed by atoms with Gasteiger partial charge in [0, 0.05) is 12.3 Å². The number of rotatable bonds is 10. The van der Waals surface area contributed by atoms with Gasteiger partial charge in [0.05, 0.1) is 43.7 Å². The molecule has 166 valence electrons. The standard InChI is InChI=1S/C19H37O8P/c1-11(2)23-10-18-17(8-14(6)26-18)27-28(21,22)24-9-15-16(25-12(3)4)7-13(5)19(15)20/h11-20H,7-10H2,1-6H3,(H,21,22)/t13-,14-,15+,16+,17+,18+,19?/m0/s1. The van der Waals surface area contributed by atoms with E-state index in [9.17, 15) is 14.6 Å². The van der Waals surface area contributed by atoms with Gasteiger partial charge in [-0.25, -0.2) is 4.57 Å². The summed E-state index contributed by atoms with van der Waals surface area (Å²) < 4.78 is 40.4. The second kappa shape index (κ2) is 10.3. The molecule has 1 heterocycles. The van der Waals surface area contributed by atoms with Crippen LogP contribution >= 0.6 is 7.82 Å². The normalized spacial score (nSPS) is 38.4. The number of aliphatic hydroxyl groups is 1. The van der Waals surface area contributed by atoms with Crippen LogP contribution in [-0.4, -0.2) is 65.9 Å². The van der Waals surface area contributed by atoms with E-state index in [0.29, 0.717) is 12.8 Å². The van der Waals surface area contributed by atoms with E-state index in [1.54, 1.807) is 0 Å². The van der Waals surface area contributed by atoms with Crippen LogP contribution < -0.4 is 0 Å². The maximum absolute atomic E-state index is 12.5. The average molecular weight is 424 g/mol. The minimum absolute atomic E-state index is 0.000946. The van der Waals surface area contributed by atoms with E-state index in [2.05, 4.69) is 0 Å². The Labute approximate surface area is 168 Å². The molecule has 2 unspecified atom stereocenters. The van der Waals surface area contributed by atoms with Crippen LogP contribution in [0, 0.1) is 11.8 Å². The lowest BCUT2D eigenvalue weighted by molar-refractivity contribution is -0.0615. The second-order valence-electron chi connectivity index (χ2n) is 8.60. The summed E-state index contributed by atoms with van der Waals surface area (Å²) in [5, 5.41) is 10.4. The lowest BCUT2D eigenvalue weighted by atomic mass is 10.0. The summed E-state index contributed by atoms with van der Waals surface area (Å²) in [6, 6.07) is 0. The highest BCUT2D eigenvalue weighted by Crippen LogP contribution is 2.49. The van der Waals surface area contributed by atoms with E-state index in [1.165, 1.54) is 0 Å². The monoisotopic (exact) mass is 424 g/mol. The van der Waals surface area contributed by atoms with Crippen LogP contribution in [0.5, 0.6) is 0 Å². The van der Waals surface area contributed by atoms with Crippen molar-refractivity contribution < 1.29 is 37.8 Å². The zero-order valence-electron chi connectivity index (χ0n) is 17.8. The fraction of sp³-hybridized carbons (Fsp3) is 1.00. The Hall–Kier alpha value is -0.0500. The van der Waals surface area contributed by atoms with Gasteiger partial charge in [-0.3, -0.25) is 9.05 Å². The third-order valence-electron chi connectivity index (χ3n) is 5.23. The third-order valence-corrected chi connectivity index (χ3v) is 6.24. The van der Waals surface area contributed by atoms with Gasteiger partial charge in [0.2, 0.25) is 0 Å². The molecular weight excluding hydrogens is 387 g/mol. The molecule has 8 nitrogen and oxygen atoms in total. The number of phosphoric ester groups is 1.